The number of hydrogen-bond donors (Lipinski definition) is 0. The van der Waals surface area contributed by atoms with E-state index in [0.717, 1.165) is 11.1 Å². The maximum absolute atomic E-state index is 10.7. The summed E-state index contributed by atoms with van der Waals surface area (Å²) in [6.45, 7) is 3.76. The van der Waals surface area contributed by atoms with Crippen LogP contribution >= 0.6 is 21.4 Å². The van der Waals surface area contributed by atoms with Crippen molar-refractivity contribution >= 4 is 39.5 Å². The van der Waals surface area contributed by atoms with Crippen LogP contribution in [-0.2, 0) is 18.1 Å². The van der Waals surface area contributed by atoms with Gasteiger partial charge in [0.2, 0.25) is 0 Å². The van der Waals surface area contributed by atoms with Crippen molar-refractivity contribution in [3.8, 4) is 0 Å². The van der Waals surface area contributed by atoms with Crippen molar-refractivity contribution in [1.29, 1.82) is 0 Å². The van der Waals surface area contributed by atoms with Crippen molar-refractivity contribution in [2.75, 3.05) is 0 Å². The molecule has 0 aliphatic heterocycles. The van der Waals surface area contributed by atoms with Crippen molar-refractivity contribution in [2.45, 2.75) is 23.6 Å². The molecule has 0 aromatic heterocycles. The number of rotatable bonds is 2. The van der Waals surface area contributed by atoms with E-state index in [-0.39, 0.29) is 71.8 Å². The smallest absolute Gasteiger partial charge is 1.00 e. The third-order valence-electron chi connectivity index (χ3n) is 2.61. The van der Waals surface area contributed by atoms with Crippen LogP contribution in [0.2, 0.25) is 0 Å². The molecule has 0 unspecified atom stereocenters. The molecule has 2 aromatic carbocycles. The van der Waals surface area contributed by atoms with Gasteiger partial charge >= 0.3 is 59.1 Å². The first-order valence-electron chi connectivity index (χ1n) is 6.03. The van der Waals surface area contributed by atoms with E-state index in [0.29, 0.717) is 0 Å². The normalized spacial score (nSPS) is 10.5. The van der Waals surface area contributed by atoms with Crippen LogP contribution in [0.1, 0.15) is 14.0 Å². The minimum atomic E-state index is -3.55. The average molecular weight is 429 g/mol. The van der Waals surface area contributed by atoms with Crippen LogP contribution < -0.4 is 59.1 Å². The topological polar surface area (TPSA) is 68.3 Å². The summed E-state index contributed by atoms with van der Waals surface area (Å²) in [5.41, 5.74) is 2.02. The van der Waals surface area contributed by atoms with Gasteiger partial charge in [0.25, 0.3) is 18.1 Å². The summed E-state index contributed by atoms with van der Waals surface area (Å²) < 4.78 is 42.8. The fourth-order valence-electron chi connectivity index (χ4n) is 1.40. The van der Waals surface area contributed by atoms with E-state index in [1.807, 2.05) is 13.8 Å². The van der Waals surface area contributed by atoms with Crippen molar-refractivity contribution < 1.29 is 78.8 Å². The van der Waals surface area contributed by atoms with Gasteiger partial charge in [-0.2, -0.15) is 0 Å². The van der Waals surface area contributed by atoms with Gasteiger partial charge in [0.15, 0.2) is 0 Å². The van der Waals surface area contributed by atoms with Gasteiger partial charge in [-0.1, -0.05) is 35.4 Å². The van der Waals surface area contributed by atoms with Gasteiger partial charge in [-0.15, -0.1) is 0 Å². The zero-order chi connectivity index (χ0) is 17.0. The van der Waals surface area contributed by atoms with E-state index in [2.05, 4.69) is 0 Å². The third kappa shape index (κ3) is 10.2. The fourth-order valence-corrected chi connectivity index (χ4v) is 2.94. The molecule has 2 rings (SSSR count). The Kier molecular flexibility index (Phi) is 13.1. The van der Waals surface area contributed by atoms with Crippen LogP contribution in [0.4, 0.5) is 0 Å². The Hall–Kier alpha value is 0.920. The molecule has 0 heterocycles. The zero-order valence-electron chi connectivity index (χ0n) is 15.8. The van der Waals surface area contributed by atoms with Crippen LogP contribution in [-0.4, -0.2) is 16.8 Å². The first-order chi connectivity index (χ1) is 10.00. The van der Waals surface area contributed by atoms with Gasteiger partial charge in [0.05, 0.1) is 9.79 Å². The van der Waals surface area contributed by atoms with Crippen LogP contribution in [0.15, 0.2) is 58.3 Å². The quantitative estimate of drug-likeness (QED) is 0.413. The van der Waals surface area contributed by atoms with E-state index < -0.39 is 18.1 Å². The summed E-state index contributed by atoms with van der Waals surface area (Å²) in [5.74, 6) is 0. The molecule has 0 aliphatic rings. The van der Waals surface area contributed by atoms with E-state index in [4.69, 9.17) is 21.4 Å². The largest absolute Gasteiger partial charge is 1.00 e. The molecule has 10 heteroatoms. The van der Waals surface area contributed by atoms with Gasteiger partial charge in [-0.3, -0.25) is 0 Å². The van der Waals surface area contributed by atoms with Crippen LogP contribution in [0.3, 0.4) is 0 Å². The molecule has 0 aliphatic carbocycles. The number of aryl methyl sites for hydroxylation is 2. The Morgan fingerprint density at radius 3 is 1.00 bits per heavy atom. The molecule has 4 nitrogen and oxygen atoms in total. The first-order valence-corrected chi connectivity index (χ1v) is 10.6. The Bertz CT molecular complexity index is 772. The van der Waals surface area contributed by atoms with E-state index in [1.54, 1.807) is 24.3 Å². The molecule has 0 amide bonds. The maximum Gasteiger partial charge on any atom is 1.00 e. The van der Waals surface area contributed by atoms with E-state index >= 15 is 0 Å². The summed E-state index contributed by atoms with van der Waals surface area (Å²) in [6.07, 6.45) is 0. The second-order valence-electron chi connectivity index (χ2n) is 4.50. The summed E-state index contributed by atoms with van der Waals surface area (Å²) in [5, 5.41) is 0. The second kappa shape index (κ2) is 11.6. The molecule has 0 bridgehead atoms. The molecule has 0 atom stereocenters. The van der Waals surface area contributed by atoms with Gasteiger partial charge in [-0.25, -0.2) is 16.8 Å². The zero-order valence-corrected chi connectivity index (χ0v) is 21.0. The number of benzene rings is 2. The molecule has 0 N–H and O–H groups in total. The Morgan fingerprint density at radius 1 is 0.625 bits per heavy atom. The van der Waals surface area contributed by atoms with Crippen molar-refractivity contribution in [3.05, 3.63) is 59.7 Å². The molecule has 124 valence electrons. The van der Waals surface area contributed by atoms with Crippen molar-refractivity contribution in [2.24, 2.45) is 0 Å². The predicted octanol–water partition coefficient (Wildman–Crippen LogP) is -1.92. The van der Waals surface area contributed by atoms with Crippen LogP contribution in [0.25, 0.3) is 0 Å². The summed E-state index contributed by atoms with van der Waals surface area (Å²) in [7, 11) is 3.07. The fraction of sp³-hybridized carbons (Fsp3) is 0.143. The molecule has 2 aromatic rings. The molecular formula is C14H16Cl2Na2O4S2. The predicted molar refractivity (Wildman–Crippen MR) is 90.7 cm³/mol. The van der Waals surface area contributed by atoms with Crippen molar-refractivity contribution in [1.82, 2.24) is 0 Å². The monoisotopic (exact) mass is 428 g/mol. The third-order valence-corrected chi connectivity index (χ3v) is 5.34. The van der Waals surface area contributed by atoms with Gasteiger partial charge in [0, 0.05) is 21.4 Å². The van der Waals surface area contributed by atoms with Crippen molar-refractivity contribution in [3.63, 3.8) is 0 Å². The standard InChI is InChI=1S/2C7H7ClO2S.2Na.2H/c2*1-6-2-4-7(5-3-6)11(8,9)10;;;;/h2*2-5H,1H3;;;;/q;;2*+1;2*-1. The first kappa shape index (κ1) is 27.1. The van der Waals surface area contributed by atoms with Gasteiger partial charge in [-0.05, 0) is 38.1 Å². The molecule has 0 fully saturated rings. The average Bonchev–Trinajstić information content (AvgIpc) is 2.38. The summed E-state index contributed by atoms with van der Waals surface area (Å²) >= 11 is 0. The van der Waals surface area contributed by atoms with E-state index in [1.165, 1.54) is 24.3 Å². The molecule has 0 saturated heterocycles. The molecule has 0 spiro atoms. The Morgan fingerprint density at radius 2 is 0.833 bits per heavy atom. The Balaban J connectivity index is -0.000000161. The van der Waals surface area contributed by atoms with Crippen LogP contribution in [0.5, 0.6) is 0 Å². The molecule has 0 radical (unpaired) electrons. The second-order valence-corrected chi connectivity index (χ2v) is 9.63. The molecule has 0 saturated carbocycles. The number of halogens is 2. The minimum Gasteiger partial charge on any atom is -1.00 e. The molecular weight excluding hydrogens is 413 g/mol. The van der Waals surface area contributed by atoms with Crippen LogP contribution in [0, 0.1) is 13.8 Å². The Labute approximate surface area is 199 Å². The summed E-state index contributed by atoms with van der Waals surface area (Å²) in [4.78, 5) is 0.287. The minimum absolute atomic E-state index is 0. The maximum atomic E-state index is 10.7. The van der Waals surface area contributed by atoms with Gasteiger partial charge in [0.1, 0.15) is 0 Å². The SMILES string of the molecule is Cc1ccc(S(=O)(=O)Cl)cc1.Cc1ccc(S(=O)(=O)Cl)cc1.[H-].[H-].[Na+].[Na+]. The number of hydrogen-bond acceptors (Lipinski definition) is 4. The molecule has 24 heavy (non-hydrogen) atoms. The van der Waals surface area contributed by atoms with Gasteiger partial charge < -0.3 is 2.85 Å². The van der Waals surface area contributed by atoms with E-state index in [9.17, 15) is 16.8 Å². The summed E-state index contributed by atoms with van der Waals surface area (Å²) in [6, 6.07) is 12.7.